The summed E-state index contributed by atoms with van der Waals surface area (Å²) in [4.78, 5) is 13.9. The molecule has 1 aromatic rings. The van der Waals surface area contributed by atoms with Crippen molar-refractivity contribution in [2.24, 2.45) is 0 Å². The van der Waals surface area contributed by atoms with E-state index in [0.717, 1.165) is 9.86 Å². The molecule has 0 aliphatic rings. The third kappa shape index (κ3) is 1.74. The fourth-order valence-corrected chi connectivity index (χ4v) is 0.966. The summed E-state index contributed by atoms with van der Waals surface area (Å²) in [6.07, 6.45) is 2.35. The monoisotopic (exact) mass is 233 g/mol. The molecule has 0 fully saturated rings. The summed E-state index contributed by atoms with van der Waals surface area (Å²) in [6, 6.07) is 3.57. The van der Waals surface area contributed by atoms with Crippen molar-refractivity contribution in [3.05, 3.63) is 27.6 Å². The van der Waals surface area contributed by atoms with Crippen molar-refractivity contribution in [3.8, 4) is 0 Å². The van der Waals surface area contributed by atoms with Gasteiger partial charge in [-0.05, 0) is 34.7 Å². The average Bonchev–Trinajstić information content (AvgIpc) is 1.88. The molecule has 0 saturated heterocycles. The largest absolute Gasteiger partial charge is 0.296 e. The third-order valence-corrected chi connectivity index (χ3v) is 1.53. The van der Waals surface area contributed by atoms with Gasteiger partial charge in [-0.3, -0.25) is 9.78 Å². The van der Waals surface area contributed by atoms with E-state index in [4.69, 9.17) is 0 Å². The van der Waals surface area contributed by atoms with E-state index >= 15 is 0 Å². The molecule has 0 aliphatic heterocycles. The SMILES string of the molecule is O=Cc1cc(I)ccn1. The highest BCUT2D eigenvalue weighted by molar-refractivity contribution is 14.1. The van der Waals surface area contributed by atoms with Crippen LogP contribution in [-0.4, -0.2) is 11.3 Å². The molecule has 46 valence electrons. The minimum absolute atomic E-state index is 0.488. The Morgan fingerprint density at radius 3 is 2.89 bits per heavy atom. The Hall–Kier alpha value is -0.450. The zero-order valence-electron chi connectivity index (χ0n) is 4.54. The van der Waals surface area contributed by atoms with E-state index in [0.29, 0.717) is 5.69 Å². The van der Waals surface area contributed by atoms with Gasteiger partial charge in [-0.1, -0.05) is 0 Å². The Bertz CT molecular complexity index is 224. The van der Waals surface area contributed by atoms with Crippen molar-refractivity contribution in [3.63, 3.8) is 0 Å². The van der Waals surface area contributed by atoms with E-state index in [1.807, 2.05) is 6.07 Å². The molecule has 1 aromatic heterocycles. The second-order valence-electron chi connectivity index (χ2n) is 1.52. The van der Waals surface area contributed by atoms with Crippen LogP contribution in [0, 0.1) is 3.57 Å². The minimum Gasteiger partial charge on any atom is -0.296 e. The van der Waals surface area contributed by atoms with Crippen LogP contribution in [0.1, 0.15) is 10.5 Å². The Balaban J connectivity index is 3.07. The molecular formula is C6H4INO. The Kier molecular flexibility index (Phi) is 2.16. The van der Waals surface area contributed by atoms with Gasteiger partial charge in [0.2, 0.25) is 0 Å². The highest BCUT2D eigenvalue weighted by Crippen LogP contribution is 2.02. The molecule has 0 atom stereocenters. The van der Waals surface area contributed by atoms with Gasteiger partial charge in [-0.2, -0.15) is 0 Å². The van der Waals surface area contributed by atoms with Gasteiger partial charge in [0.15, 0.2) is 6.29 Å². The van der Waals surface area contributed by atoms with Crippen LogP contribution in [0.4, 0.5) is 0 Å². The Labute approximate surface area is 66.4 Å². The van der Waals surface area contributed by atoms with Gasteiger partial charge in [0.25, 0.3) is 0 Å². The molecule has 1 rings (SSSR count). The van der Waals surface area contributed by atoms with Gasteiger partial charge < -0.3 is 0 Å². The molecule has 1 heterocycles. The highest BCUT2D eigenvalue weighted by atomic mass is 127. The average molecular weight is 233 g/mol. The summed E-state index contributed by atoms with van der Waals surface area (Å²) in [5, 5.41) is 0. The number of carbonyl (C=O) groups is 1. The van der Waals surface area contributed by atoms with Gasteiger partial charge in [0.1, 0.15) is 5.69 Å². The van der Waals surface area contributed by atoms with Crippen LogP contribution in [-0.2, 0) is 0 Å². The van der Waals surface area contributed by atoms with Crippen molar-refractivity contribution in [1.82, 2.24) is 4.98 Å². The molecule has 0 aliphatic carbocycles. The lowest BCUT2D eigenvalue weighted by Gasteiger charge is -1.87. The highest BCUT2D eigenvalue weighted by Gasteiger charge is 1.89. The molecule has 9 heavy (non-hydrogen) atoms. The second kappa shape index (κ2) is 2.91. The van der Waals surface area contributed by atoms with E-state index in [2.05, 4.69) is 27.6 Å². The van der Waals surface area contributed by atoms with Crippen molar-refractivity contribution >= 4 is 28.9 Å². The van der Waals surface area contributed by atoms with Crippen molar-refractivity contribution in [1.29, 1.82) is 0 Å². The van der Waals surface area contributed by atoms with Gasteiger partial charge in [0.05, 0.1) is 0 Å². The van der Waals surface area contributed by atoms with Crippen molar-refractivity contribution < 1.29 is 4.79 Å². The summed E-state index contributed by atoms with van der Waals surface area (Å²) < 4.78 is 1.03. The molecule has 0 N–H and O–H groups in total. The van der Waals surface area contributed by atoms with Gasteiger partial charge in [0, 0.05) is 9.77 Å². The molecule has 2 nitrogen and oxygen atoms in total. The van der Waals surface area contributed by atoms with Gasteiger partial charge in [-0.15, -0.1) is 0 Å². The maximum Gasteiger partial charge on any atom is 0.168 e. The quantitative estimate of drug-likeness (QED) is 0.543. The maximum atomic E-state index is 10.1. The van der Waals surface area contributed by atoms with Gasteiger partial charge >= 0.3 is 0 Å². The molecular weight excluding hydrogens is 229 g/mol. The number of nitrogens with zero attached hydrogens (tertiary/aromatic N) is 1. The van der Waals surface area contributed by atoms with Crippen LogP contribution in [0.25, 0.3) is 0 Å². The molecule has 0 radical (unpaired) electrons. The second-order valence-corrected chi connectivity index (χ2v) is 2.76. The minimum atomic E-state index is 0.488. The smallest absolute Gasteiger partial charge is 0.168 e. The summed E-state index contributed by atoms with van der Waals surface area (Å²) in [5.74, 6) is 0. The number of pyridine rings is 1. The van der Waals surface area contributed by atoms with E-state index in [9.17, 15) is 4.79 Å². The molecule has 0 aromatic carbocycles. The molecule has 0 amide bonds. The normalized spacial score (nSPS) is 9.00. The van der Waals surface area contributed by atoms with E-state index in [1.54, 1.807) is 12.3 Å². The summed E-state index contributed by atoms with van der Waals surface area (Å²) in [7, 11) is 0. The van der Waals surface area contributed by atoms with Crippen LogP contribution in [0.5, 0.6) is 0 Å². The topological polar surface area (TPSA) is 30.0 Å². The zero-order valence-corrected chi connectivity index (χ0v) is 6.70. The van der Waals surface area contributed by atoms with E-state index in [-0.39, 0.29) is 0 Å². The predicted molar refractivity (Wildman–Crippen MR) is 42.3 cm³/mol. The van der Waals surface area contributed by atoms with Crippen LogP contribution in [0.15, 0.2) is 18.3 Å². The molecule has 0 bridgehead atoms. The van der Waals surface area contributed by atoms with Crippen LogP contribution in [0.3, 0.4) is 0 Å². The van der Waals surface area contributed by atoms with Gasteiger partial charge in [-0.25, -0.2) is 0 Å². The standard InChI is InChI=1S/C6H4INO/c7-5-1-2-8-6(3-5)4-9/h1-4H. The number of hydrogen-bond donors (Lipinski definition) is 0. The van der Waals surface area contributed by atoms with Crippen LogP contribution < -0.4 is 0 Å². The van der Waals surface area contributed by atoms with Crippen molar-refractivity contribution in [2.75, 3.05) is 0 Å². The van der Waals surface area contributed by atoms with E-state index < -0.39 is 0 Å². The Morgan fingerprint density at radius 2 is 2.44 bits per heavy atom. The third-order valence-electron chi connectivity index (χ3n) is 0.864. The molecule has 3 heteroatoms. The number of halogens is 1. The Morgan fingerprint density at radius 1 is 1.67 bits per heavy atom. The fraction of sp³-hybridized carbons (Fsp3) is 0. The van der Waals surface area contributed by atoms with Crippen LogP contribution in [0.2, 0.25) is 0 Å². The zero-order chi connectivity index (χ0) is 6.69. The number of hydrogen-bond acceptors (Lipinski definition) is 2. The first-order chi connectivity index (χ1) is 4.33. The first kappa shape index (κ1) is 6.67. The first-order valence-electron chi connectivity index (χ1n) is 2.39. The maximum absolute atomic E-state index is 10.1. The fourth-order valence-electron chi connectivity index (χ4n) is 0.486. The lowest BCUT2D eigenvalue weighted by atomic mass is 10.4. The lowest BCUT2D eigenvalue weighted by Crippen LogP contribution is -1.84. The van der Waals surface area contributed by atoms with Crippen molar-refractivity contribution in [2.45, 2.75) is 0 Å². The summed E-state index contributed by atoms with van der Waals surface area (Å²) >= 11 is 2.13. The lowest BCUT2D eigenvalue weighted by molar-refractivity contribution is 0.111. The molecule has 0 saturated carbocycles. The van der Waals surface area contributed by atoms with E-state index in [1.165, 1.54) is 0 Å². The number of rotatable bonds is 1. The number of aldehydes is 1. The summed E-state index contributed by atoms with van der Waals surface area (Å²) in [6.45, 7) is 0. The molecule has 0 spiro atoms. The number of aromatic nitrogens is 1. The van der Waals surface area contributed by atoms with Crippen LogP contribution >= 0.6 is 22.6 Å². The molecule has 0 unspecified atom stereocenters. The number of carbonyl (C=O) groups excluding carboxylic acids is 1. The first-order valence-corrected chi connectivity index (χ1v) is 3.47. The predicted octanol–water partition coefficient (Wildman–Crippen LogP) is 1.50. The summed E-state index contributed by atoms with van der Waals surface area (Å²) in [5.41, 5.74) is 0.488.